The summed E-state index contributed by atoms with van der Waals surface area (Å²) in [6.45, 7) is 4.34. The summed E-state index contributed by atoms with van der Waals surface area (Å²) in [6.07, 6.45) is 3.40. The lowest BCUT2D eigenvalue weighted by atomic mass is 9.98. The average Bonchev–Trinajstić information content (AvgIpc) is 3.67. The number of carbonyl (C=O) groups is 2. The van der Waals surface area contributed by atoms with E-state index in [0.29, 0.717) is 55.5 Å². The van der Waals surface area contributed by atoms with E-state index in [0.717, 1.165) is 35.9 Å². The molecule has 32 heavy (non-hydrogen) atoms. The van der Waals surface area contributed by atoms with E-state index in [9.17, 15) is 14.9 Å². The van der Waals surface area contributed by atoms with E-state index in [1.165, 1.54) is 0 Å². The first-order chi connectivity index (χ1) is 15.5. The molecule has 1 aliphatic heterocycles. The first-order valence-corrected chi connectivity index (χ1v) is 11.1. The van der Waals surface area contributed by atoms with Crippen molar-refractivity contribution in [2.75, 3.05) is 38.3 Å². The number of pyridine rings is 1. The number of hydrogen-bond donors (Lipinski definition) is 0. The highest BCUT2D eigenvalue weighted by Crippen LogP contribution is 2.45. The van der Waals surface area contributed by atoms with Crippen LogP contribution >= 0.6 is 0 Å². The Morgan fingerprint density at radius 1 is 1.28 bits per heavy atom. The van der Waals surface area contributed by atoms with E-state index in [-0.39, 0.29) is 11.9 Å². The van der Waals surface area contributed by atoms with Crippen molar-refractivity contribution in [1.82, 2.24) is 9.88 Å². The lowest BCUT2D eigenvalue weighted by molar-refractivity contribution is -0.134. The molecule has 2 fully saturated rings. The molecule has 7 nitrogen and oxygen atoms in total. The van der Waals surface area contributed by atoms with Gasteiger partial charge in [0.1, 0.15) is 18.2 Å². The molecule has 1 atom stereocenters. The van der Waals surface area contributed by atoms with Crippen LogP contribution in [0.5, 0.6) is 0 Å². The summed E-state index contributed by atoms with van der Waals surface area (Å²) in [5.41, 5.74) is 4.11. The van der Waals surface area contributed by atoms with Crippen LogP contribution in [0.15, 0.2) is 30.3 Å². The molecule has 0 radical (unpaired) electrons. The Balaban J connectivity index is 1.62. The van der Waals surface area contributed by atoms with Gasteiger partial charge in [-0.2, -0.15) is 5.26 Å². The SMILES string of the molecule is COCCC(=O)N1CCN(c2nc(C3CC3)c(-c3ccc(C=O)cc3)cc2C#N)CC1C. The fraction of sp³-hybridized carbons (Fsp3) is 0.440. The monoisotopic (exact) mass is 432 g/mol. The standard InChI is InChI=1S/C25H28N4O3/c1-17-15-28(10-11-29(17)23(31)9-12-32-2)25-21(14-26)13-22(24(27-25)20-7-8-20)19-5-3-18(16-30)4-6-19/h3-6,13,16-17,20H,7-12,15H2,1-2H3. The molecule has 1 aliphatic carbocycles. The van der Waals surface area contributed by atoms with Crippen LogP contribution in [-0.4, -0.2) is 61.5 Å². The maximum Gasteiger partial charge on any atom is 0.225 e. The smallest absolute Gasteiger partial charge is 0.225 e. The number of aromatic nitrogens is 1. The zero-order valence-corrected chi connectivity index (χ0v) is 18.6. The maximum absolute atomic E-state index is 12.5. The Labute approximate surface area is 188 Å². The van der Waals surface area contributed by atoms with Crippen LogP contribution in [0.3, 0.4) is 0 Å². The van der Waals surface area contributed by atoms with E-state index in [1.807, 2.05) is 30.0 Å². The van der Waals surface area contributed by atoms with Crippen LogP contribution in [0.1, 0.15) is 53.7 Å². The number of piperazine rings is 1. The number of methoxy groups -OCH3 is 1. The number of ether oxygens (including phenoxy) is 1. The molecule has 1 amide bonds. The first-order valence-electron chi connectivity index (χ1n) is 11.1. The molecular weight excluding hydrogens is 404 g/mol. The molecule has 0 bridgehead atoms. The number of benzene rings is 1. The van der Waals surface area contributed by atoms with E-state index in [4.69, 9.17) is 9.72 Å². The second-order valence-electron chi connectivity index (χ2n) is 8.54. The summed E-state index contributed by atoms with van der Waals surface area (Å²) in [7, 11) is 1.60. The number of hydrogen-bond acceptors (Lipinski definition) is 6. The zero-order valence-electron chi connectivity index (χ0n) is 18.6. The first kappa shape index (κ1) is 22.0. The summed E-state index contributed by atoms with van der Waals surface area (Å²) < 4.78 is 5.04. The van der Waals surface area contributed by atoms with Crippen molar-refractivity contribution < 1.29 is 14.3 Å². The van der Waals surface area contributed by atoms with E-state index in [2.05, 4.69) is 11.0 Å². The third-order valence-electron chi connectivity index (χ3n) is 6.24. The normalized spacial score (nSPS) is 18.3. The van der Waals surface area contributed by atoms with Gasteiger partial charge in [-0.25, -0.2) is 4.98 Å². The molecular formula is C25H28N4O3. The number of carbonyl (C=O) groups excluding carboxylic acids is 2. The van der Waals surface area contributed by atoms with Gasteiger partial charge in [-0.15, -0.1) is 0 Å². The lowest BCUT2D eigenvalue weighted by Crippen LogP contribution is -2.54. The van der Waals surface area contributed by atoms with Crippen LogP contribution in [0.4, 0.5) is 5.82 Å². The summed E-state index contributed by atoms with van der Waals surface area (Å²) in [6, 6.07) is 11.7. The van der Waals surface area contributed by atoms with Gasteiger partial charge in [0.25, 0.3) is 0 Å². The molecule has 166 valence electrons. The average molecular weight is 433 g/mol. The number of anilines is 1. The zero-order chi connectivity index (χ0) is 22.7. The molecule has 1 unspecified atom stereocenters. The van der Waals surface area contributed by atoms with Crippen molar-refractivity contribution in [1.29, 1.82) is 5.26 Å². The van der Waals surface area contributed by atoms with Crippen molar-refractivity contribution in [3.8, 4) is 17.2 Å². The predicted octanol–water partition coefficient (Wildman–Crippen LogP) is 3.38. The van der Waals surface area contributed by atoms with Gasteiger partial charge in [0.15, 0.2) is 0 Å². The highest BCUT2D eigenvalue weighted by Gasteiger charge is 2.33. The number of nitrogens with zero attached hydrogens (tertiary/aromatic N) is 4. The number of amides is 1. The summed E-state index contributed by atoms with van der Waals surface area (Å²) in [5.74, 6) is 1.20. The molecule has 1 aromatic carbocycles. The Hall–Kier alpha value is -3.24. The molecule has 1 saturated heterocycles. The Morgan fingerprint density at radius 3 is 2.62 bits per heavy atom. The maximum atomic E-state index is 12.5. The van der Waals surface area contributed by atoms with Crippen molar-refractivity contribution in [3.63, 3.8) is 0 Å². The van der Waals surface area contributed by atoms with E-state index >= 15 is 0 Å². The van der Waals surface area contributed by atoms with E-state index < -0.39 is 0 Å². The van der Waals surface area contributed by atoms with Gasteiger partial charge < -0.3 is 14.5 Å². The van der Waals surface area contributed by atoms with E-state index in [1.54, 1.807) is 19.2 Å². The van der Waals surface area contributed by atoms with Crippen molar-refractivity contribution in [2.24, 2.45) is 0 Å². The molecule has 4 rings (SSSR count). The second-order valence-corrected chi connectivity index (χ2v) is 8.54. The molecule has 1 saturated carbocycles. The molecule has 2 aliphatic rings. The van der Waals surface area contributed by atoms with Gasteiger partial charge in [-0.3, -0.25) is 9.59 Å². The molecule has 0 spiro atoms. The minimum Gasteiger partial charge on any atom is -0.384 e. The third-order valence-corrected chi connectivity index (χ3v) is 6.24. The molecule has 1 aromatic heterocycles. The highest BCUT2D eigenvalue weighted by molar-refractivity contribution is 5.79. The topological polar surface area (TPSA) is 86.5 Å². The molecule has 0 N–H and O–H groups in total. The minimum absolute atomic E-state index is 0.0291. The van der Waals surface area contributed by atoms with Gasteiger partial charge in [-0.1, -0.05) is 24.3 Å². The van der Waals surface area contributed by atoms with Crippen LogP contribution in [0, 0.1) is 11.3 Å². The lowest BCUT2D eigenvalue weighted by Gasteiger charge is -2.41. The van der Waals surface area contributed by atoms with Gasteiger partial charge in [-0.05, 0) is 31.4 Å². The number of rotatable bonds is 7. The Bertz CT molecular complexity index is 1040. The van der Waals surface area contributed by atoms with Gasteiger partial charge in [0, 0.05) is 49.8 Å². The molecule has 7 heteroatoms. The van der Waals surface area contributed by atoms with Crippen molar-refractivity contribution >= 4 is 18.0 Å². The fourth-order valence-electron chi connectivity index (χ4n) is 4.33. The number of nitriles is 1. The third kappa shape index (κ3) is 4.51. The fourth-order valence-corrected chi connectivity index (χ4v) is 4.33. The summed E-state index contributed by atoms with van der Waals surface area (Å²) in [4.78, 5) is 32.5. The van der Waals surface area contributed by atoms with Gasteiger partial charge in [0.05, 0.1) is 24.3 Å². The number of aldehydes is 1. The quantitative estimate of drug-likeness (QED) is 0.624. The summed E-state index contributed by atoms with van der Waals surface area (Å²) >= 11 is 0. The minimum atomic E-state index is 0.0291. The van der Waals surface area contributed by atoms with Crippen LogP contribution in [-0.2, 0) is 9.53 Å². The van der Waals surface area contributed by atoms with Gasteiger partial charge >= 0.3 is 0 Å². The van der Waals surface area contributed by atoms with Crippen LogP contribution in [0.25, 0.3) is 11.1 Å². The van der Waals surface area contributed by atoms with Crippen LogP contribution in [0.2, 0.25) is 0 Å². The van der Waals surface area contributed by atoms with Crippen molar-refractivity contribution in [2.45, 2.75) is 38.1 Å². The predicted molar refractivity (Wildman–Crippen MR) is 122 cm³/mol. The second kappa shape index (κ2) is 9.49. The largest absolute Gasteiger partial charge is 0.384 e. The Morgan fingerprint density at radius 2 is 2.03 bits per heavy atom. The highest BCUT2D eigenvalue weighted by atomic mass is 16.5. The van der Waals surface area contributed by atoms with Crippen LogP contribution < -0.4 is 4.90 Å². The molecule has 2 heterocycles. The molecule has 2 aromatic rings. The Kier molecular flexibility index (Phi) is 6.52. The van der Waals surface area contributed by atoms with Crippen molar-refractivity contribution in [3.05, 3.63) is 47.2 Å². The summed E-state index contributed by atoms with van der Waals surface area (Å²) in [5, 5.41) is 9.91. The van der Waals surface area contributed by atoms with Gasteiger partial charge in [0.2, 0.25) is 5.91 Å².